The molecule has 4 aromatic rings. The van der Waals surface area contributed by atoms with Gasteiger partial charge in [0.2, 0.25) is 0 Å². The number of Topliss-reactive ketones (excluding diaryl/α,β-unsaturated/α-hetero) is 1. The SMILES string of the molecule is Cc1ccc(-n2nc(C(C)(C)C)cc2NC(=O)Nc2ccc(C(C(=O)CCCc3ccccc3)C3CCNCC3)cc2)cc1. The number of hydrogen-bond acceptors (Lipinski definition) is 4. The van der Waals surface area contributed by atoms with Crippen molar-refractivity contribution in [3.63, 3.8) is 0 Å². The van der Waals surface area contributed by atoms with Crippen LogP contribution >= 0.6 is 0 Å². The van der Waals surface area contributed by atoms with Crippen LogP contribution in [0.5, 0.6) is 0 Å². The lowest BCUT2D eigenvalue weighted by atomic mass is 9.77. The number of benzene rings is 3. The standard InChI is InChI=1S/C37H45N5O2/c1-26-13-19-31(20-14-26)42-34(25-33(41-42)37(2,3)4)40-36(44)39-30-17-15-28(16-18-30)35(29-21-23-38-24-22-29)32(43)12-8-11-27-9-6-5-7-10-27/h5-7,9-10,13-20,25,29,35,38H,8,11-12,21-24H2,1-4H3,(H2,39,40,44). The molecule has 0 radical (unpaired) electrons. The topological polar surface area (TPSA) is 88.1 Å². The van der Waals surface area contributed by atoms with Crippen LogP contribution in [0.1, 0.15) is 74.8 Å². The lowest BCUT2D eigenvalue weighted by Gasteiger charge is -2.30. The van der Waals surface area contributed by atoms with Gasteiger partial charge in [-0.2, -0.15) is 5.10 Å². The van der Waals surface area contributed by atoms with E-state index in [1.54, 1.807) is 4.68 Å². The number of nitrogens with zero attached hydrogens (tertiary/aromatic N) is 2. The highest BCUT2D eigenvalue weighted by Crippen LogP contribution is 2.34. The summed E-state index contributed by atoms with van der Waals surface area (Å²) in [7, 11) is 0. The van der Waals surface area contributed by atoms with Crippen LogP contribution in [0.15, 0.2) is 84.9 Å². The van der Waals surface area contributed by atoms with Crippen molar-refractivity contribution in [2.75, 3.05) is 23.7 Å². The van der Waals surface area contributed by atoms with Gasteiger partial charge in [-0.1, -0.05) is 80.9 Å². The lowest BCUT2D eigenvalue weighted by molar-refractivity contribution is -0.122. The Labute approximate surface area is 261 Å². The highest BCUT2D eigenvalue weighted by atomic mass is 16.2. The van der Waals surface area contributed by atoms with E-state index in [2.05, 4.69) is 48.9 Å². The van der Waals surface area contributed by atoms with Crippen molar-refractivity contribution in [2.24, 2.45) is 5.92 Å². The molecule has 3 aromatic carbocycles. The van der Waals surface area contributed by atoms with Crippen molar-refractivity contribution in [3.05, 3.63) is 107 Å². The van der Waals surface area contributed by atoms with E-state index in [4.69, 9.17) is 5.10 Å². The Kier molecular flexibility index (Phi) is 9.95. The van der Waals surface area contributed by atoms with Crippen LogP contribution in [0, 0.1) is 12.8 Å². The average Bonchev–Trinajstić information content (AvgIpc) is 3.44. The predicted octanol–water partition coefficient (Wildman–Crippen LogP) is 7.80. The Balaban J connectivity index is 1.27. The van der Waals surface area contributed by atoms with Crippen LogP contribution in [-0.2, 0) is 16.6 Å². The van der Waals surface area contributed by atoms with E-state index in [1.165, 1.54) is 5.56 Å². The van der Waals surface area contributed by atoms with Gasteiger partial charge in [0.15, 0.2) is 0 Å². The largest absolute Gasteiger partial charge is 0.324 e. The van der Waals surface area contributed by atoms with Gasteiger partial charge in [0.1, 0.15) is 11.6 Å². The van der Waals surface area contributed by atoms with Crippen LogP contribution in [0.25, 0.3) is 5.69 Å². The number of anilines is 2. The summed E-state index contributed by atoms with van der Waals surface area (Å²) in [5.74, 6) is 1.10. The molecule has 1 fully saturated rings. The van der Waals surface area contributed by atoms with E-state index < -0.39 is 0 Å². The molecule has 1 atom stereocenters. The van der Waals surface area contributed by atoms with E-state index in [-0.39, 0.29) is 17.4 Å². The third-order valence-corrected chi connectivity index (χ3v) is 8.46. The average molecular weight is 592 g/mol. The van der Waals surface area contributed by atoms with Gasteiger partial charge < -0.3 is 10.6 Å². The summed E-state index contributed by atoms with van der Waals surface area (Å²) in [6, 6.07) is 27.8. The summed E-state index contributed by atoms with van der Waals surface area (Å²) in [6.45, 7) is 10.2. The Bertz CT molecular complexity index is 1530. The van der Waals surface area contributed by atoms with Crippen LogP contribution < -0.4 is 16.0 Å². The normalized spacial score (nSPS) is 14.6. The minimum atomic E-state index is -0.349. The number of carbonyl (C=O) groups is 2. The van der Waals surface area contributed by atoms with Gasteiger partial charge in [-0.3, -0.25) is 10.1 Å². The number of aromatic nitrogens is 2. The lowest BCUT2D eigenvalue weighted by Crippen LogP contribution is -2.33. The van der Waals surface area contributed by atoms with Crippen molar-refractivity contribution < 1.29 is 9.59 Å². The zero-order chi connectivity index (χ0) is 31.1. The second-order valence-electron chi connectivity index (χ2n) is 13.0. The third kappa shape index (κ3) is 8.03. The highest BCUT2D eigenvalue weighted by molar-refractivity contribution is 5.99. The predicted molar refractivity (Wildman–Crippen MR) is 179 cm³/mol. The first kappa shape index (κ1) is 31.2. The summed E-state index contributed by atoms with van der Waals surface area (Å²) in [6.07, 6.45) is 4.30. The molecule has 2 amide bonds. The molecule has 1 aliphatic heterocycles. The number of nitrogens with one attached hydrogen (secondary N) is 3. The van der Waals surface area contributed by atoms with E-state index >= 15 is 0 Å². The Morgan fingerprint density at radius 2 is 1.61 bits per heavy atom. The maximum atomic E-state index is 13.6. The van der Waals surface area contributed by atoms with Crippen molar-refractivity contribution in [1.29, 1.82) is 0 Å². The number of amides is 2. The van der Waals surface area contributed by atoms with E-state index in [0.29, 0.717) is 29.6 Å². The molecule has 1 saturated heterocycles. The van der Waals surface area contributed by atoms with Crippen molar-refractivity contribution in [2.45, 2.75) is 71.1 Å². The molecule has 3 N–H and O–H groups in total. The van der Waals surface area contributed by atoms with Gasteiger partial charge in [-0.05, 0) is 87.0 Å². The summed E-state index contributed by atoms with van der Waals surface area (Å²) in [5, 5.41) is 14.2. The second-order valence-corrected chi connectivity index (χ2v) is 13.0. The molecule has 5 rings (SSSR count). The summed E-state index contributed by atoms with van der Waals surface area (Å²) in [5.41, 5.74) is 5.71. The van der Waals surface area contributed by atoms with Crippen LogP contribution in [0.4, 0.5) is 16.3 Å². The van der Waals surface area contributed by atoms with Gasteiger partial charge in [0.05, 0.1) is 11.4 Å². The summed E-state index contributed by atoms with van der Waals surface area (Å²) < 4.78 is 1.77. The summed E-state index contributed by atoms with van der Waals surface area (Å²) in [4.78, 5) is 26.8. The molecule has 1 unspecified atom stereocenters. The second kappa shape index (κ2) is 14.0. The molecule has 0 spiro atoms. The van der Waals surface area contributed by atoms with E-state index in [1.807, 2.05) is 79.7 Å². The van der Waals surface area contributed by atoms with Crippen LogP contribution in [0.3, 0.4) is 0 Å². The minimum Gasteiger partial charge on any atom is -0.317 e. The molecule has 1 aromatic heterocycles. The molecule has 2 heterocycles. The number of ketones is 1. The smallest absolute Gasteiger partial charge is 0.317 e. The third-order valence-electron chi connectivity index (χ3n) is 8.46. The fourth-order valence-electron chi connectivity index (χ4n) is 5.94. The van der Waals surface area contributed by atoms with Crippen molar-refractivity contribution >= 4 is 23.3 Å². The molecular formula is C37H45N5O2. The highest BCUT2D eigenvalue weighted by Gasteiger charge is 2.30. The first-order valence-electron chi connectivity index (χ1n) is 15.8. The van der Waals surface area contributed by atoms with Crippen LogP contribution in [-0.4, -0.2) is 34.7 Å². The molecule has 230 valence electrons. The van der Waals surface area contributed by atoms with Gasteiger partial charge >= 0.3 is 6.03 Å². The molecule has 0 bridgehead atoms. The quantitative estimate of drug-likeness (QED) is 0.176. The van der Waals surface area contributed by atoms with Crippen molar-refractivity contribution in [1.82, 2.24) is 15.1 Å². The van der Waals surface area contributed by atoms with Gasteiger partial charge in [0.25, 0.3) is 0 Å². The number of carbonyl (C=O) groups excluding carboxylic acids is 2. The van der Waals surface area contributed by atoms with E-state index in [0.717, 1.165) is 61.3 Å². The number of piperidine rings is 1. The number of aryl methyl sites for hydroxylation is 2. The first-order chi connectivity index (χ1) is 21.2. The summed E-state index contributed by atoms with van der Waals surface area (Å²) >= 11 is 0. The Hall–Kier alpha value is -4.23. The Morgan fingerprint density at radius 1 is 0.932 bits per heavy atom. The van der Waals surface area contributed by atoms with Gasteiger partial charge in [0, 0.05) is 29.5 Å². The molecule has 7 heteroatoms. The maximum Gasteiger partial charge on any atom is 0.324 e. The first-order valence-corrected chi connectivity index (χ1v) is 15.8. The Morgan fingerprint density at radius 3 is 2.27 bits per heavy atom. The maximum absolute atomic E-state index is 13.6. The van der Waals surface area contributed by atoms with E-state index in [9.17, 15) is 9.59 Å². The fraction of sp³-hybridized carbons (Fsp3) is 0.378. The molecule has 1 aliphatic rings. The molecule has 7 nitrogen and oxygen atoms in total. The van der Waals surface area contributed by atoms with Gasteiger partial charge in [-0.25, -0.2) is 9.48 Å². The zero-order valence-corrected chi connectivity index (χ0v) is 26.4. The number of hydrogen-bond donors (Lipinski definition) is 3. The monoisotopic (exact) mass is 591 g/mol. The molecule has 44 heavy (non-hydrogen) atoms. The fourth-order valence-corrected chi connectivity index (χ4v) is 5.94. The molecule has 0 aliphatic carbocycles. The van der Waals surface area contributed by atoms with Gasteiger partial charge in [-0.15, -0.1) is 0 Å². The molecular weight excluding hydrogens is 546 g/mol. The van der Waals surface area contributed by atoms with Crippen LogP contribution in [0.2, 0.25) is 0 Å². The zero-order valence-electron chi connectivity index (χ0n) is 26.4. The minimum absolute atomic E-state index is 0.129. The van der Waals surface area contributed by atoms with Crippen molar-refractivity contribution in [3.8, 4) is 5.69 Å². The number of urea groups is 1. The number of rotatable bonds is 10. The molecule has 0 saturated carbocycles.